The quantitative estimate of drug-likeness (QED) is 0.789. The van der Waals surface area contributed by atoms with Crippen molar-refractivity contribution in [3.63, 3.8) is 0 Å². The van der Waals surface area contributed by atoms with E-state index in [0.29, 0.717) is 6.42 Å². The van der Waals surface area contributed by atoms with Gasteiger partial charge in [0.15, 0.2) is 5.78 Å². The van der Waals surface area contributed by atoms with Gasteiger partial charge in [-0.15, -0.1) is 0 Å². The summed E-state index contributed by atoms with van der Waals surface area (Å²) < 4.78 is 7.41. The van der Waals surface area contributed by atoms with Crippen molar-refractivity contribution < 1.29 is 9.53 Å². The van der Waals surface area contributed by atoms with Crippen molar-refractivity contribution in [3.8, 4) is 0 Å². The highest BCUT2D eigenvalue weighted by molar-refractivity contribution is 6.35. The standard InChI is InChI=1S/C15H14ClNO2/c16-12-5-1-3-10-11-4-2-6-13(18)15(11)17(14(10)12)7-9-8-19-9/h1,3,5,9H,2,4,6-8H2. The van der Waals surface area contributed by atoms with Crippen LogP contribution in [0.5, 0.6) is 0 Å². The maximum atomic E-state index is 12.3. The summed E-state index contributed by atoms with van der Waals surface area (Å²) in [4.78, 5) is 12.3. The summed E-state index contributed by atoms with van der Waals surface area (Å²) in [7, 11) is 0. The Balaban J connectivity index is 2.04. The average molecular weight is 276 g/mol. The van der Waals surface area contributed by atoms with Crippen molar-refractivity contribution in [2.24, 2.45) is 0 Å². The van der Waals surface area contributed by atoms with E-state index in [1.165, 1.54) is 5.56 Å². The molecule has 0 N–H and O–H groups in total. The second kappa shape index (κ2) is 4.09. The third-order valence-corrected chi connectivity index (χ3v) is 4.33. The van der Waals surface area contributed by atoms with Gasteiger partial charge >= 0.3 is 0 Å². The highest BCUT2D eigenvalue weighted by Crippen LogP contribution is 2.36. The van der Waals surface area contributed by atoms with Gasteiger partial charge in [-0.3, -0.25) is 4.79 Å². The molecule has 1 unspecified atom stereocenters. The number of carbonyl (C=O) groups is 1. The number of epoxide rings is 1. The summed E-state index contributed by atoms with van der Waals surface area (Å²) in [5.41, 5.74) is 3.04. The number of rotatable bonds is 2. The molecule has 2 aliphatic rings. The van der Waals surface area contributed by atoms with Crippen LogP contribution in [0.15, 0.2) is 18.2 Å². The minimum absolute atomic E-state index is 0.241. The molecule has 98 valence electrons. The molecule has 0 bridgehead atoms. The average Bonchev–Trinajstić information content (AvgIpc) is 3.14. The largest absolute Gasteiger partial charge is 0.371 e. The van der Waals surface area contributed by atoms with Crippen molar-refractivity contribution in [2.75, 3.05) is 6.61 Å². The lowest BCUT2D eigenvalue weighted by Gasteiger charge is -2.14. The molecule has 2 aromatic rings. The molecule has 0 spiro atoms. The van der Waals surface area contributed by atoms with E-state index in [-0.39, 0.29) is 11.9 Å². The van der Waals surface area contributed by atoms with Gasteiger partial charge in [0.05, 0.1) is 35.5 Å². The molecule has 2 heterocycles. The van der Waals surface area contributed by atoms with Crippen molar-refractivity contribution in [3.05, 3.63) is 34.5 Å². The molecule has 0 radical (unpaired) electrons. The van der Waals surface area contributed by atoms with Crippen molar-refractivity contribution in [2.45, 2.75) is 31.9 Å². The van der Waals surface area contributed by atoms with Crippen LogP contribution in [0.2, 0.25) is 5.02 Å². The van der Waals surface area contributed by atoms with Crippen LogP contribution in [0.1, 0.15) is 28.9 Å². The molecule has 1 aromatic heterocycles. The molecule has 1 aliphatic heterocycles. The number of Topliss-reactive ketones (excluding diaryl/α,β-unsaturated/α-hetero) is 1. The normalized spacial score (nSPS) is 21.7. The fourth-order valence-electron chi connectivity index (χ4n) is 3.11. The molecule has 4 heteroatoms. The number of aryl methyl sites for hydroxylation is 1. The fraction of sp³-hybridized carbons (Fsp3) is 0.400. The third-order valence-electron chi connectivity index (χ3n) is 4.02. The number of ether oxygens (including phenoxy) is 1. The number of fused-ring (bicyclic) bond motifs is 3. The van der Waals surface area contributed by atoms with E-state index in [9.17, 15) is 4.79 Å². The van der Waals surface area contributed by atoms with Crippen LogP contribution in [0, 0.1) is 0 Å². The molecule has 0 saturated carbocycles. The van der Waals surface area contributed by atoms with Crippen LogP contribution in [0.4, 0.5) is 0 Å². The summed E-state index contributed by atoms with van der Waals surface area (Å²) in [6.45, 7) is 1.52. The Kier molecular flexibility index (Phi) is 2.47. The zero-order chi connectivity index (χ0) is 13.0. The Morgan fingerprint density at radius 3 is 3.00 bits per heavy atom. The van der Waals surface area contributed by atoms with Crippen molar-refractivity contribution >= 4 is 28.3 Å². The lowest BCUT2D eigenvalue weighted by Crippen LogP contribution is -2.17. The number of carbonyl (C=O) groups excluding carboxylic acids is 1. The van der Waals surface area contributed by atoms with Crippen LogP contribution < -0.4 is 0 Å². The van der Waals surface area contributed by atoms with Gasteiger partial charge in [0, 0.05) is 11.8 Å². The summed E-state index contributed by atoms with van der Waals surface area (Å²) in [6.07, 6.45) is 2.80. The van der Waals surface area contributed by atoms with Gasteiger partial charge in [-0.05, 0) is 24.5 Å². The molecule has 0 amide bonds. The Bertz CT molecular complexity index is 685. The molecule has 1 atom stereocenters. The molecule has 4 rings (SSSR count). The van der Waals surface area contributed by atoms with E-state index in [2.05, 4.69) is 10.6 Å². The predicted octanol–water partition coefficient (Wildman–Crippen LogP) is 3.21. The second-order valence-electron chi connectivity index (χ2n) is 5.31. The number of nitrogens with zero attached hydrogens (tertiary/aromatic N) is 1. The highest BCUT2D eigenvalue weighted by atomic mass is 35.5. The van der Waals surface area contributed by atoms with Crippen LogP contribution >= 0.6 is 11.6 Å². The Morgan fingerprint density at radius 1 is 1.37 bits per heavy atom. The highest BCUT2D eigenvalue weighted by Gasteiger charge is 2.31. The van der Waals surface area contributed by atoms with E-state index >= 15 is 0 Å². The fourth-order valence-corrected chi connectivity index (χ4v) is 3.39. The Morgan fingerprint density at radius 2 is 2.21 bits per heavy atom. The smallest absolute Gasteiger partial charge is 0.179 e. The van der Waals surface area contributed by atoms with Gasteiger partial charge in [0.1, 0.15) is 0 Å². The molecule has 3 nitrogen and oxygen atoms in total. The van der Waals surface area contributed by atoms with E-state index in [4.69, 9.17) is 16.3 Å². The first kappa shape index (κ1) is 11.5. The molecule has 1 fully saturated rings. The SMILES string of the molecule is O=C1CCCc2c1n(CC1CO1)c1c(Cl)cccc21. The minimum atomic E-state index is 0.241. The number of ketones is 1. The van der Waals surface area contributed by atoms with E-state index in [1.54, 1.807) is 0 Å². The number of aromatic nitrogens is 1. The van der Waals surface area contributed by atoms with Gasteiger partial charge < -0.3 is 9.30 Å². The Labute approximate surface area is 116 Å². The van der Waals surface area contributed by atoms with E-state index < -0.39 is 0 Å². The summed E-state index contributed by atoms with van der Waals surface area (Å²) in [5.74, 6) is 0.245. The number of hydrogen-bond acceptors (Lipinski definition) is 2. The summed E-state index contributed by atoms with van der Waals surface area (Å²) in [6, 6.07) is 5.93. The minimum Gasteiger partial charge on any atom is -0.371 e. The van der Waals surface area contributed by atoms with E-state index in [1.807, 2.05) is 12.1 Å². The molecule has 19 heavy (non-hydrogen) atoms. The van der Waals surface area contributed by atoms with Crippen LogP contribution in [0.25, 0.3) is 10.9 Å². The maximum Gasteiger partial charge on any atom is 0.179 e. The zero-order valence-electron chi connectivity index (χ0n) is 10.5. The maximum absolute atomic E-state index is 12.3. The van der Waals surface area contributed by atoms with E-state index in [0.717, 1.165) is 47.6 Å². The van der Waals surface area contributed by atoms with Crippen LogP contribution in [-0.4, -0.2) is 23.1 Å². The lowest BCUT2D eigenvalue weighted by molar-refractivity contribution is 0.0963. The third kappa shape index (κ3) is 1.72. The first-order chi connectivity index (χ1) is 9.25. The number of halogens is 1. The molecule has 1 saturated heterocycles. The zero-order valence-corrected chi connectivity index (χ0v) is 11.2. The number of benzene rings is 1. The van der Waals surface area contributed by atoms with Gasteiger partial charge in [0.25, 0.3) is 0 Å². The monoisotopic (exact) mass is 275 g/mol. The topological polar surface area (TPSA) is 34.5 Å². The summed E-state index contributed by atoms with van der Waals surface area (Å²) in [5, 5.41) is 1.86. The van der Waals surface area contributed by atoms with Gasteiger partial charge in [-0.2, -0.15) is 0 Å². The van der Waals surface area contributed by atoms with Gasteiger partial charge in [-0.1, -0.05) is 23.7 Å². The van der Waals surface area contributed by atoms with Crippen molar-refractivity contribution in [1.29, 1.82) is 0 Å². The lowest BCUT2D eigenvalue weighted by atomic mass is 9.94. The molecular weight excluding hydrogens is 262 g/mol. The first-order valence-electron chi connectivity index (χ1n) is 6.70. The second-order valence-corrected chi connectivity index (χ2v) is 5.71. The van der Waals surface area contributed by atoms with Gasteiger partial charge in [-0.25, -0.2) is 0 Å². The van der Waals surface area contributed by atoms with Crippen molar-refractivity contribution in [1.82, 2.24) is 4.57 Å². The van der Waals surface area contributed by atoms with Gasteiger partial charge in [0.2, 0.25) is 0 Å². The van der Waals surface area contributed by atoms with Crippen LogP contribution in [-0.2, 0) is 17.7 Å². The predicted molar refractivity (Wildman–Crippen MR) is 74.0 cm³/mol. The summed E-state index contributed by atoms with van der Waals surface area (Å²) >= 11 is 6.36. The number of para-hydroxylation sites is 1. The molecular formula is C15H14ClNO2. The molecule has 1 aliphatic carbocycles. The number of hydrogen-bond donors (Lipinski definition) is 0. The Hall–Kier alpha value is -1.32. The molecule has 1 aromatic carbocycles. The first-order valence-corrected chi connectivity index (χ1v) is 7.08. The van der Waals surface area contributed by atoms with Crippen LogP contribution in [0.3, 0.4) is 0 Å².